The molecule has 0 atom stereocenters. The van der Waals surface area contributed by atoms with E-state index in [0.29, 0.717) is 25.1 Å². The molecule has 0 bridgehead atoms. The maximum absolute atomic E-state index is 13.6. The van der Waals surface area contributed by atoms with E-state index < -0.39 is 10.0 Å². The fourth-order valence-corrected chi connectivity index (χ4v) is 6.44. The number of sulfonamides is 1. The summed E-state index contributed by atoms with van der Waals surface area (Å²) < 4.78 is 33.9. The van der Waals surface area contributed by atoms with Crippen LogP contribution >= 0.6 is 0 Å². The second-order valence-electron chi connectivity index (χ2n) is 9.32. The molecule has 1 amide bonds. The van der Waals surface area contributed by atoms with Gasteiger partial charge in [-0.1, -0.05) is 35.0 Å². The van der Waals surface area contributed by atoms with Crippen LogP contribution in [0.3, 0.4) is 0 Å². The first-order valence-electron chi connectivity index (χ1n) is 12.1. The van der Waals surface area contributed by atoms with Crippen molar-refractivity contribution in [2.45, 2.75) is 52.0 Å². The van der Waals surface area contributed by atoms with E-state index in [1.807, 2.05) is 45.0 Å². The summed E-state index contributed by atoms with van der Waals surface area (Å²) in [6.45, 7) is 8.61. The van der Waals surface area contributed by atoms with Gasteiger partial charge in [0.25, 0.3) is 0 Å². The van der Waals surface area contributed by atoms with Gasteiger partial charge in [-0.05, 0) is 75.4 Å². The molecule has 0 unspecified atom stereocenters. The molecule has 9 heteroatoms. The minimum Gasteiger partial charge on any atom is -0.355 e. The maximum Gasteiger partial charge on any atom is 0.248 e. The fraction of sp³-hybridized carbons (Fsp3) is 0.370. The SMILES string of the molecule is Cc1cc(C)c(C=Cc2onc(C)c2S(=O)(=O)N2CCC(C(=O)NCc3ccccn3)CC2)c(C)c1. The van der Waals surface area contributed by atoms with Crippen LogP contribution in [0.2, 0.25) is 0 Å². The average molecular weight is 509 g/mol. The van der Waals surface area contributed by atoms with Gasteiger partial charge >= 0.3 is 0 Å². The second-order valence-corrected chi connectivity index (χ2v) is 11.2. The third-order valence-electron chi connectivity index (χ3n) is 6.57. The summed E-state index contributed by atoms with van der Waals surface area (Å²) in [5.74, 6) is -0.107. The van der Waals surface area contributed by atoms with E-state index in [0.717, 1.165) is 22.4 Å². The lowest BCUT2D eigenvalue weighted by atomic mass is 9.97. The Kier molecular flexibility index (Phi) is 7.70. The smallest absolute Gasteiger partial charge is 0.248 e. The van der Waals surface area contributed by atoms with Gasteiger partial charge in [-0.3, -0.25) is 9.78 Å². The van der Waals surface area contributed by atoms with Gasteiger partial charge in [-0.2, -0.15) is 4.31 Å². The zero-order valence-corrected chi connectivity index (χ0v) is 21.9. The lowest BCUT2D eigenvalue weighted by molar-refractivity contribution is -0.126. The first-order valence-corrected chi connectivity index (χ1v) is 13.5. The monoisotopic (exact) mass is 508 g/mol. The number of nitrogens with zero attached hydrogens (tertiary/aromatic N) is 3. The summed E-state index contributed by atoms with van der Waals surface area (Å²) in [5.41, 5.74) is 5.51. The summed E-state index contributed by atoms with van der Waals surface area (Å²) in [5, 5.41) is 6.85. The molecule has 0 aliphatic carbocycles. The summed E-state index contributed by atoms with van der Waals surface area (Å²) in [7, 11) is -3.83. The predicted octanol–water partition coefficient (Wildman–Crippen LogP) is 4.19. The summed E-state index contributed by atoms with van der Waals surface area (Å²) in [6, 6.07) is 9.73. The van der Waals surface area contributed by atoms with Crippen LogP contribution in [0, 0.1) is 33.6 Å². The van der Waals surface area contributed by atoms with Crippen molar-refractivity contribution in [1.82, 2.24) is 19.8 Å². The van der Waals surface area contributed by atoms with Crippen molar-refractivity contribution < 1.29 is 17.7 Å². The van der Waals surface area contributed by atoms with Crippen molar-refractivity contribution in [1.29, 1.82) is 0 Å². The average Bonchev–Trinajstić information content (AvgIpc) is 3.23. The van der Waals surface area contributed by atoms with E-state index in [-0.39, 0.29) is 35.6 Å². The van der Waals surface area contributed by atoms with Crippen LogP contribution in [0.1, 0.15) is 52.2 Å². The highest BCUT2D eigenvalue weighted by atomic mass is 32.2. The molecular weight excluding hydrogens is 476 g/mol. The van der Waals surface area contributed by atoms with Gasteiger partial charge < -0.3 is 9.84 Å². The van der Waals surface area contributed by atoms with E-state index in [1.54, 1.807) is 19.2 Å². The number of carbonyl (C=O) groups is 1. The van der Waals surface area contributed by atoms with Gasteiger partial charge in [0.15, 0.2) is 10.7 Å². The van der Waals surface area contributed by atoms with Crippen LogP contribution < -0.4 is 5.32 Å². The molecule has 0 spiro atoms. The van der Waals surface area contributed by atoms with Crippen molar-refractivity contribution in [2.75, 3.05) is 13.1 Å². The molecule has 3 aromatic rings. The van der Waals surface area contributed by atoms with Crippen molar-refractivity contribution in [3.63, 3.8) is 0 Å². The second kappa shape index (κ2) is 10.8. The molecule has 0 saturated carbocycles. The zero-order valence-electron chi connectivity index (χ0n) is 21.1. The minimum absolute atomic E-state index is 0.0775. The van der Waals surface area contributed by atoms with Crippen LogP contribution in [0.15, 0.2) is 45.9 Å². The van der Waals surface area contributed by atoms with Crippen molar-refractivity contribution >= 4 is 28.1 Å². The number of rotatable bonds is 7. The first kappa shape index (κ1) is 25.8. The van der Waals surface area contributed by atoms with Crippen LogP contribution in [-0.2, 0) is 21.4 Å². The Morgan fingerprint density at radius 1 is 1.11 bits per heavy atom. The van der Waals surface area contributed by atoms with E-state index >= 15 is 0 Å². The molecule has 0 radical (unpaired) electrons. The fourth-order valence-electron chi connectivity index (χ4n) is 4.72. The number of hydrogen-bond acceptors (Lipinski definition) is 6. The molecule has 1 fully saturated rings. The number of aromatic nitrogens is 2. The normalized spacial score (nSPS) is 15.4. The van der Waals surface area contributed by atoms with Crippen molar-refractivity contribution in [3.05, 3.63) is 75.9 Å². The Labute approximate surface area is 212 Å². The summed E-state index contributed by atoms with van der Waals surface area (Å²) in [6.07, 6.45) is 6.13. The first-order chi connectivity index (χ1) is 17.2. The molecule has 1 saturated heterocycles. The number of pyridine rings is 1. The Morgan fingerprint density at radius 2 is 1.81 bits per heavy atom. The molecule has 1 aliphatic rings. The van der Waals surface area contributed by atoms with Gasteiger partial charge in [0.1, 0.15) is 5.69 Å². The lowest BCUT2D eigenvalue weighted by Gasteiger charge is -2.30. The molecule has 190 valence electrons. The van der Waals surface area contributed by atoms with Gasteiger partial charge in [0.2, 0.25) is 15.9 Å². The molecule has 4 rings (SSSR count). The quantitative estimate of drug-likeness (QED) is 0.513. The maximum atomic E-state index is 13.6. The highest BCUT2D eigenvalue weighted by molar-refractivity contribution is 7.89. The summed E-state index contributed by atoms with van der Waals surface area (Å²) >= 11 is 0. The van der Waals surface area contributed by atoms with Crippen molar-refractivity contribution in [3.8, 4) is 0 Å². The highest BCUT2D eigenvalue weighted by Crippen LogP contribution is 2.30. The Balaban J connectivity index is 1.45. The molecule has 3 heterocycles. The van der Waals surface area contributed by atoms with Crippen LogP contribution in [0.5, 0.6) is 0 Å². The molecule has 8 nitrogen and oxygen atoms in total. The van der Waals surface area contributed by atoms with Crippen LogP contribution in [0.4, 0.5) is 0 Å². The van der Waals surface area contributed by atoms with E-state index in [1.165, 1.54) is 9.87 Å². The van der Waals surface area contributed by atoms with Crippen LogP contribution in [0.25, 0.3) is 12.2 Å². The van der Waals surface area contributed by atoms with E-state index in [4.69, 9.17) is 4.52 Å². The highest BCUT2D eigenvalue weighted by Gasteiger charge is 2.35. The standard InChI is InChI=1S/C27H32N4O4S/c1-18-15-19(2)24(20(3)16-18)8-9-25-26(21(4)30-35-25)36(33,34)31-13-10-22(11-14-31)27(32)29-17-23-7-5-6-12-28-23/h5-9,12,15-16,22H,10-11,13-14,17H2,1-4H3,(H,29,32). The number of piperidine rings is 1. The van der Waals surface area contributed by atoms with Gasteiger partial charge in [0.05, 0.1) is 12.2 Å². The number of carbonyl (C=O) groups excluding carboxylic acids is 1. The Hall–Kier alpha value is -3.30. The van der Waals surface area contributed by atoms with Gasteiger partial charge in [-0.25, -0.2) is 8.42 Å². The zero-order chi connectivity index (χ0) is 25.9. The molecule has 2 aromatic heterocycles. The van der Waals surface area contributed by atoms with E-state index in [2.05, 4.69) is 27.6 Å². The van der Waals surface area contributed by atoms with Crippen LogP contribution in [-0.4, -0.2) is 41.9 Å². The lowest BCUT2D eigenvalue weighted by Crippen LogP contribution is -2.43. The number of nitrogens with one attached hydrogen (secondary N) is 1. The Bertz CT molecular complexity index is 1350. The number of hydrogen-bond donors (Lipinski definition) is 1. The molecule has 1 aromatic carbocycles. The van der Waals surface area contributed by atoms with E-state index in [9.17, 15) is 13.2 Å². The molecule has 1 N–H and O–H groups in total. The topological polar surface area (TPSA) is 105 Å². The number of amides is 1. The largest absolute Gasteiger partial charge is 0.355 e. The van der Waals surface area contributed by atoms with Gasteiger partial charge in [0, 0.05) is 25.2 Å². The molecular formula is C27H32N4O4S. The third-order valence-corrected chi connectivity index (χ3v) is 8.62. The number of aryl methyl sites for hydroxylation is 4. The molecule has 36 heavy (non-hydrogen) atoms. The van der Waals surface area contributed by atoms with Crippen molar-refractivity contribution in [2.24, 2.45) is 5.92 Å². The third kappa shape index (κ3) is 5.57. The minimum atomic E-state index is -3.83. The molecule has 1 aliphatic heterocycles. The predicted molar refractivity (Wildman–Crippen MR) is 138 cm³/mol. The number of benzene rings is 1. The van der Waals surface area contributed by atoms with Gasteiger partial charge in [-0.15, -0.1) is 0 Å². The summed E-state index contributed by atoms with van der Waals surface area (Å²) in [4.78, 5) is 16.9. The Morgan fingerprint density at radius 3 is 2.44 bits per heavy atom.